The van der Waals surface area contributed by atoms with Crippen LogP contribution in [0.1, 0.15) is 51.9 Å². The summed E-state index contributed by atoms with van der Waals surface area (Å²) in [6, 6.07) is 8.88. The zero-order valence-electron chi connectivity index (χ0n) is 13.0. The summed E-state index contributed by atoms with van der Waals surface area (Å²) in [6.07, 6.45) is 0. The quantitative estimate of drug-likeness (QED) is 0.932. The molecule has 4 heteroatoms. The van der Waals surface area contributed by atoms with Crippen LogP contribution in [0.4, 0.5) is 0 Å². The Morgan fingerprint density at radius 1 is 1.15 bits per heavy atom. The largest absolute Gasteiger partial charge is 0.325 e. The molecule has 0 aliphatic heterocycles. The Bertz CT molecular complexity index is 574. The fourth-order valence-corrected chi connectivity index (χ4v) is 2.25. The molecule has 2 rings (SSSR count). The van der Waals surface area contributed by atoms with E-state index in [-0.39, 0.29) is 11.5 Å². The molecular formula is C16H24N4. The normalized spacial score (nSPS) is 12.2. The Balaban J connectivity index is 2.49. The Morgan fingerprint density at radius 2 is 1.75 bits per heavy atom. The van der Waals surface area contributed by atoms with Crippen molar-refractivity contribution in [2.24, 2.45) is 5.73 Å². The molecule has 0 spiro atoms. The van der Waals surface area contributed by atoms with Gasteiger partial charge in [0.2, 0.25) is 0 Å². The van der Waals surface area contributed by atoms with Gasteiger partial charge in [-0.15, -0.1) is 5.10 Å². The molecule has 0 amide bonds. The van der Waals surface area contributed by atoms with E-state index < -0.39 is 0 Å². The third-order valence-electron chi connectivity index (χ3n) is 3.47. The summed E-state index contributed by atoms with van der Waals surface area (Å²) in [6.45, 7) is 11.3. The minimum absolute atomic E-state index is 0.159. The van der Waals surface area contributed by atoms with Crippen LogP contribution in [-0.2, 0) is 12.0 Å². The molecule has 108 valence electrons. The second-order valence-electron chi connectivity index (χ2n) is 6.45. The van der Waals surface area contributed by atoms with E-state index >= 15 is 0 Å². The first-order chi connectivity index (χ1) is 9.34. The maximum atomic E-state index is 5.78. The molecule has 0 bridgehead atoms. The third-order valence-corrected chi connectivity index (χ3v) is 3.47. The van der Waals surface area contributed by atoms with Crippen molar-refractivity contribution in [1.29, 1.82) is 0 Å². The van der Waals surface area contributed by atoms with Gasteiger partial charge in [-0.1, -0.05) is 50.3 Å². The summed E-state index contributed by atoms with van der Waals surface area (Å²) in [5.41, 5.74) is 10.3. The lowest BCUT2D eigenvalue weighted by Gasteiger charge is -2.19. The van der Waals surface area contributed by atoms with E-state index in [4.69, 9.17) is 5.73 Å². The topological polar surface area (TPSA) is 56.7 Å². The maximum absolute atomic E-state index is 5.78. The van der Waals surface area contributed by atoms with Crippen LogP contribution in [-0.4, -0.2) is 15.0 Å². The van der Waals surface area contributed by atoms with Crippen molar-refractivity contribution in [2.45, 2.75) is 52.6 Å². The van der Waals surface area contributed by atoms with Crippen LogP contribution in [0.3, 0.4) is 0 Å². The van der Waals surface area contributed by atoms with E-state index in [1.807, 2.05) is 4.68 Å². The van der Waals surface area contributed by atoms with Crippen LogP contribution < -0.4 is 5.73 Å². The number of rotatable bonds is 3. The van der Waals surface area contributed by atoms with Gasteiger partial charge >= 0.3 is 0 Å². The monoisotopic (exact) mass is 272 g/mol. The lowest BCUT2D eigenvalue weighted by atomic mass is 9.86. The molecule has 0 atom stereocenters. The second-order valence-corrected chi connectivity index (χ2v) is 6.45. The van der Waals surface area contributed by atoms with Crippen LogP contribution in [0.15, 0.2) is 24.3 Å². The second kappa shape index (κ2) is 5.37. The highest BCUT2D eigenvalue weighted by Crippen LogP contribution is 2.28. The molecule has 0 unspecified atom stereocenters. The van der Waals surface area contributed by atoms with Gasteiger partial charge in [0.25, 0.3) is 0 Å². The summed E-state index contributed by atoms with van der Waals surface area (Å²) in [5.74, 6) is 0. The molecule has 0 saturated carbocycles. The Labute approximate surface area is 121 Å². The van der Waals surface area contributed by atoms with Crippen molar-refractivity contribution in [2.75, 3.05) is 0 Å². The average Bonchev–Trinajstić information content (AvgIpc) is 2.81. The minimum Gasteiger partial charge on any atom is -0.325 e. The van der Waals surface area contributed by atoms with Crippen molar-refractivity contribution in [3.8, 4) is 11.3 Å². The molecule has 1 heterocycles. The molecule has 0 aliphatic carbocycles. The number of nitrogens with two attached hydrogens (primary N) is 1. The van der Waals surface area contributed by atoms with E-state index in [2.05, 4.69) is 69.2 Å². The molecule has 0 aliphatic rings. The van der Waals surface area contributed by atoms with E-state index in [1.54, 1.807) is 0 Å². The lowest BCUT2D eigenvalue weighted by molar-refractivity contribution is 0.519. The minimum atomic E-state index is 0.159. The van der Waals surface area contributed by atoms with E-state index in [0.717, 1.165) is 17.0 Å². The standard InChI is InChI=1S/C16H24N4/c1-11(2)20-15(14(10-17)18-19-20)12-6-8-13(9-7-12)16(3,4)5/h6-9,11H,10,17H2,1-5H3. The van der Waals surface area contributed by atoms with Crippen molar-refractivity contribution in [1.82, 2.24) is 15.0 Å². The smallest absolute Gasteiger partial charge is 0.104 e. The fourth-order valence-electron chi connectivity index (χ4n) is 2.25. The van der Waals surface area contributed by atoms with Gasteiger partial charge in [-0.3, -0.25) is 0 Å². The van der Waals surface area contributed by atoms with Gasteiger partial charge < -0.3 is 5.73 Å². The summed E-state index contributed by atoms with van der Waals surface area (Å²) in [4.78, 5) is 0. The number of aromatic nitrogens is 3. The highest BCUT2D eigenvalue weighted by molar-refractivity contribution is 5.62. The Kier molecular flexibility index (Phi) is 3.95. The molecule has 20 heavy (non-hydrogen) atoms. The molecule has 0 radical (unpaired) electrons. The highest BCUT2D eigenvalue weighted by atomic mass is 15.4. The molecule has 2 N–H and O–H groups in total. The first-order valence-electron chi connectivity index (χ1n) is 7.09. The highest BCUT2D eigenvalue weighted by Gasteiger charge is 2.17. The van der Waals surface area contributed by atoms with Crippen molar-refractivity contribution >= 4 is 0 Å². The lowest BCUT2D eigenvalue weighted by Crippen LogP contribution is -2.11. The van der Waals surface area contributed by atoms with Gasteiger partial charge in [-0.2, -0.15) is 0 Å². The molecule has 1 aromatic heterocycles. The number of benzene rings is 1. The summed E-state index contributed by atoms with van der Waals surface area (Å²) >= 11 is 0. The molecule has 1 aromatic carbocycles. The van der Waals surface area contributed by atoms with Gasteiger partial charge in [-0.05, 0) is 24.8 Å². The molecule has 2 aromatic rings. The predicted octanol–water partition coefficient (Wildman–Crippen LogP) is 3.28. The van der Waals surface area contributed by atoms with Gasteiger partial charge in [0.1, 0.15) is 5.69 Å². The molecule has 4 nitrogen and oxygen atoms in total. The first-order valence-corrected chi connectivity index (χ1v) is 7.09. The van der Waals surface area contributed by atoms with Gasteiger partial charge in [0.15, 0.2) is 0 Å². The van der Waals surface area contributed by atoms with Crippen molar-refractivity contribution < 1.29 is 0 Å². The maximum Gasteiger partial charge on any atom is 0.104 e. The first kappa shape index (κ1) is 14.7. The number of hydrogen-bond donors (Lipinski definition) is 1. The zero-order chi connectivity index (χ0) is 14.9. The Morgan fingerprint density at radius 3 is 2.20 bits per heavy atom. The van der Waals surface area contributed by atoms with E-state index in [0.29, 0.717) is 6.54 Å². The van der Waals surface area contributed by atoms with Crippen LogP contribution >= 0.6 is 0 Å². The van der Waals surface area contributed by atoms with Gasteiger partial charge in [-0.25, -0.2) is 4.68 Å². The summed E-state index contributed by atoms with van der Waals surface area (Å²) in [5, 5.41) is 8.41. The van der Waals surface area contributed by atoms with Crippen LogP contribution in [0.5, 0.6) is 0 Å². The number of hydrogen-bond acceptors (Lipinski definition) is 3. The van der Waals surface area contributed by atoms with Crippen LogP contribution in [0.2, 0.25) is 0 Å². The Hall–Kier alpha value is -1.68. The van der Waals surface area contributed by atoms with Crippen molar-refractivity contribution in [3.63, 3.8) is 0 Å². The van der Waals surface area contributed by atoms with Crippen LogP contribution in [0, 0.1) is 0 Å². The number of nitrogens with zero attached hydrogens (tertiary/aromatic N) is 3. The SMILES string of the molecule is CC(C)n1nnc(CN)c1-c1ccc(C(C)(C)C)cc1. The van der Waals surface area contributed by atoms with E-state index in [1.165, 1.54) is 5.56 Å². The van der Waals surface area contributed by atoms with Crippen molar-refractivity contribution in [3.05, 3.63) is 35.5 Å². The molecule has 0 saturated heterocycles. The molecule has 0 fully saturated rings. The third kappa shape index (κ3) is 2.75. The fraction of sp³-hybridized carbons (Fsp3) is 0.500. The zero-order valence-corrected chi connectivity index (χ0v) is 13.0. The average molecular weight is 272 g/mol. The van der Waals surface area contributed by atoms with Gasteiger partial charge in [0.05, 0.1) is 5.69 Å². The molecular weight excluding hydrogens is 248 g/mol. The van der Waals surface area contributed by atoms with E-state index in [9.17, 15) is 0 Å². The van der Waals surface area contributed by atoms with Gasteiger partial charge in [0, 0.05) is 18.2 Å². The van der Waals surface area contributed by atoms with Crippen LogP contribution in [0.25, 0.3) is 11.3 Å². The predicted molar refractivity (Wildman–Crippen MR) is 82.4 cm³/mol. The summed E-state index contributed by atoms with van der Waals surface area (Å²) in [7, 11) is 0. The summed E-state index contributed by atoms with van der Waals surface area (Å²) < 4.78 is 1.94.